The topological polar surface area (TPSA) is 39.9 Å². The van der Waals surface area contributed by atoms with Crippen molar-refractivity contribution < 1.29 is 4.74 Å². The zero-order chi connectivity index (χ0) is 10.4. The molecular weight excluding hydrogens is 214 g/mol. The van der Waals surface area contributed by atoms with Gasteiger partial charge in [0.05, 0.1) is 25.6 Å². The predicted molar refractivity (Wildman–Crippen MR) is 57.1 cm³/mol. The van der Waals surface area contributed by atoms with Crippen LogP contribution >= 0.6 is 11.6 Å². The first-order valence-electron chi connectivity index (χ1n) is 4.83. The molecule has 4 nitrogen and oxygen atoms in total. The number of hydrogen-bond donors (Lipinski definition) is 0. The van der Waals surface area contributed by atoms with Gasteiger partial charge in [0, 0.05) is 0 Å². The summed E-state index contributed by atoms with van der Waals surface area (Å²) in [6, 6.07) is 2.19. The summed E-state index contributed by atoms with van der Waals surface area (Å²) in [6.07, 6.45) is 1.81. The first-order chi connectivity index (χ1) is 7.25. The van der Waals surface area contributed by atoms with Gasteiger partial charge in [0.15, 0.2) is 5.65 Å². The normalized spacial score (nSPS) is 16.9. The first-order valence-corrected chi connectivity index (χ1v) is 5.21. The third-order valence-electron chi connectivity index (χ3n) is 2.70. The van der Waals surface area contributed by atoms with Crippen molar-refractivity contribution in [1.29, 1.82) is 0 Å². The van der Waals surface area contributed by atoms with Gasteiger partial charge in [0.2, 0.25) is 0 Å². The number of rotatable bonds is 1. The highest BCUT2D eigenvalue weighted by molar-refractivity contribution is 6.29. The molecule has 1 saturated heterocycles. The lowest BCUT2D eigenvalue weighted by Gasteiger charge is -2.27. The molecule has 2 aromatic rings. The molecule has 5 heteroatoms. The summed E-state index contributed by atoms with van der Waals surface area (Å²) >= 11 is 5.94. The third kappa shape index (κ3) is 1.33. The van der Waals surface area contributed by atoms with Crippen LogP contribution in [0, 0.1) is 6.92 Å². The Morgan fingerprint density at radius 2 is 2.33 bits per heavy atom. The molecule has 78 valence electrons. The van der Waals surface area contributed by atoms with Gasteiger partial charge in [-0.1, -0.05) is 11.6 Å². The van der Waals surface area contributed by atoms with Crippen LogP contribution in [0.5, 0.6) is 0 Å². The highest BCUT2D eigenvalue weighted by Gasteiger charge is 2.23. The SMILES string of the molecule is Cc1cc(Cl)nc2c1ncn2C1COC1. The van der Waals surface area contributed by atoms with Gasteiger partial charge in [0.25, 0.3) is 0 Å². The van der Waals surface area contributed by atoms with Crippen LogP contribution in [0.25, 0.3) is 11.2 Å². The van der Waals surface area contributed by atoms with E-state index < -0.39 is 0 Å². The number of aryl methyl sites for hydroxylation is 1. The van der Waals surface area contributed by atoms with E-state index in [1.807, 2.05) is 23.9 Å². The van der Waals surface area contributed by atoms with Crippen LogP contribution in [0.4, 0.5) is 0 Å². The van der Waals surface area contributed by atoms with Crippen molar-refractivity contribution in [2.24, 2.45) is 0 Å². The number of pyridine rings is 1. The molecule has 0 radical (unpaired) electrons. The third-order valence-corrected chi connectivity index (χ3v) is 2.90. The number of nitrogens with zero attached hydrogens (tertiary/aromatic N) is 3. The fourth-order valence-corrected chi connectivity index (χ4v) is 2.02. The van der Waals surface area contributed by atoms with Crippen molar-refractivity contribution >= 4 is 22.8 Å². The van der Waals surface area contributed by atoms with E-state index in [9.17, 15) is 0 Å². The Labute approximate surface area is 91.8 Å². The maximum absolute atomic E-state index is 5.94. The monoisotopic (exact) mass is 223 g/mol. The van der Waals surface area contributed by atoms with Crippen molar-refractivity contribution in [3.8, 4) is 0 Å². The first kappa shape index (κ1) is 9.12. The van der Waals surface area contributed by atoms with Gasteiger partial charge in [0.1, 0.15) is 10.7 Å². The molecule has 3 rings (SSSR count). The summed E-state index contributed by atoms with van der Waals surface area (Å²) in [5, 5.41) is 0.516. The minimum Gasteiger partial charge on any atom is -0.377 e. The highest BCUT2D eigenvalue weighted by atomic mass is 35.5. The van der Waals surface area contributed by atoms with Gasteiger partial charge in [-0.15, -0.1) is 0 Å². The van der Waals surface area contributed by atoms with E-state index in [0.717, 1.165) is 29.9 Å². The summed E-state index contributed by atoms with van der Waals surface area (Å²) in [7, 11) is 0. The molecule has 2 aromatic heterocycles. The van der Waals surface area contributed by atoms with Gasteiger partial charge >= 0.3 is 0 Å². The molecule has 0 spiro atoms. The second kappa shape index (κ2) is 3.18. The average molecular weight is 224 g/mol. The maximum atomic E-state index is 5.94. The van der Waals surface area contributed by atoms with E-state index in [1.165, 1.54) is 0 Å². The van der Waals surface area contributed by atoms with E-state index in [2.05, 4.69) is 9.97 Å². The Morgan fingerprint density at radius 1 is 1.53 bits per heavy atom. The molecule has 0 N–H and O–H groups in total. The molecule has 0 amide bonds. The molecule has 0 aliphatic carbocycles. The Kier molecular flexibility index (Phi) is 1.94. The van der Waals surface area contributed by atoms with Gasteiger partial charge in [-0.05, 0) is 18.6 Å². The minimum atomic E-state index is 0.361. The Morgan fingerprint density at radius 3 is 3.00 bits per heavy atom. The molecule has 1 aliphatic rings. The largest absolute Gasteiger partial charge is 0.377 e. The molecule has 0 atom stereocenters. The van der Waals surface area contributed by atoms with Crippen LogP contribution in [-0.2, 0) is 4.74 Å². The van der Waals surface area contributed by atoms with Crippen LogP contribution in [0.3, 0.4) is 0 Å². The van der Waals surface area contributed by atoms with Crippen molar-refractivity contribution in [3.05, 3.63) is 23.1 Å². The maximum Gasteiger partial charge on any atom is 0.162 e. The number of ether oxygens (including phenoxy) is 1. The zero-order valence-corrected chi connectivity index (χ0v) is 9.03. The van der Waals surface area contributed by atoms with Crippen molar-refractivity contribution in [3.63, 3.8) is 0 Å². The highest BCUT2D eigenvalue weighted by Crippen LogP contribution is 2.25. The summed E-state index contributed by atoms with van der Waals surface area (Å²) in [5.74, 6) is 0. The molecule has 0 saturated carbocycles. The lowest BCUT2D eigenvalue weighted by atomic mass is 10.2. The smallest absolute Gasteiger partial charge is 0.162 e. The van der Waals surface area contributed by atoms with E-state index in [1.54, 1.807) is 0 Å². The second-order valence-corrected chi connectivity index (χ2v) is 4.16. The van der Waals surface area contributed by atoms with Crippen LogP contribution in [-0.4, -0.2) is 27.7 Å². The van der Waals surface area contributed by atoms with E-state index in [-0.39, 0.29) is 0 Å². The van der Waals surface area contributed by atoms with Crippen LogP contribution in [0.15, 0.2) is 12.4 Å². The van der Waals surface area contributed by atoms with Gasteiger partial charge in [-0.3, -0.25) is 0 Å². The number of aromatic nitrogens is 3. The number of imidazole rings is 1. The lowest BCUT2D eigenvalue weighted by molar-refractivity contribution is -0.0218. The summed E-state index contributed by atoms with van der Waals surface area (Å²) < 4.78 is 7.20. The average Bonchev–Trinajstić information content (AvgIpc) is 2.46. The van der Waals surface area contributed by atoms with Crippen molar-refractivity contribution in [2.75, 3.05) is 13.2 Å². The fourth-order valence-electron chi connectivity index (χ4n) is 1.78. The van der Waals surface area contributed by atoms with Gasteiger partial charge in [-0.25, -0.2) is 9.97 Å². The molecule has 0 bridgehead atoms. The summed E-state index contributed by atoms with van der Waals surface area (Å²) in [5.41, 5.74) is 2.84. The molecular formula is C10H10ClN3O. The van der Waals surface area contributed by atoms with Crippen LogP contribution < -0.4 is 0 Å². The Hall–Kier alpha value is -1.13. The molecule has 1 aliphatic heterocycles. The molecule has 15 heavy (non-hydrogen) atoms. The van der Waals surface area contributed by atoms with Crippen molar-refractivity contribution in [1.82, 2.24) is 14.5 Å². The molecule has 1 fully saturated rings. The molecule has 0 aromatic carbocycles. The van der Waals surface area contributed by atoms with Crippen LogP contribution in [0.2, 0.25) is 5.15 Å². The fraction of sp³-hybridized carbons (Fsp3) is 0.400. The quantitative estimate of drug-likeness (QED) is 0.694. The second-order valence-electron chi connectivity index (χ2n) is 3.78. The zero-order valence-electron chi connectivity index (χ0n) is 8.27. The summed E-state index contributed by atoms with van der Waals surface area (Å²) in [6.45, 7) is 3.46. The lowest BCUT2D eigenvalue weighted by Crippen LogP contribution is -2.30. The standard InChI is InChI=1S/C10H10ClN3O/c1-6-2-8(11)13-10-9(6)12-5-14(10)7-3-15-4-7/h2,5,7H,3-4H2,1H3. The minimum absolute atomic E-state index is 0.361. The van der Waals surface area contributed by atoms with Gasteiger partial charge < -0.3 is 9.30 Å². The van der Waals surface area contributed by atoms with Crippen LogP contribution in [0.1, 0.15) is 11.6 Å². The van der Waals surface area contributed by atoms with Gasteiger partial charge in [-0.2, -0.15) is 0 Å². The predicted octanol–water partition coefficient (Wildman–Crippen LogP) is 1.96. The number of fused-ring (bicyclic) bond motifs is 1. The number of hydrogen-bond acceptors (Lipinski definition) is 3. The van der Waals surface area contributed by atoms with E-state index in [4.69, 9.17) is 16.3 Å². The summed E-state index contributed by atoms with van der Waals surface area (Å²) in [4.78, 5) is 8.66. The molecule has 3 heterocycles. The Balaban J connectivity index is 2.23. The Bertz CT molecular complexity index is 519. The molecule has 0 unspecified atom stereocenters. The van der Waals surface area contributed by atoms with Crippen molar-refractivity contribution in [2.45, 2.75) is 13.0 Å². The van der Waals surface area contributed by atoms with E-state index in [0.29, 0.717) is 11.2 Å². The van der Waals surface area contributed by atoms with E-state index >= 15 is 0 Å². The number of halogens is 1.